The first-order valence-corrected chi connectivity index (χ1v) is 12.4. The highest BCUT2D eigenvalue weighted by molar-refractivity contribution is 8.00. The number of para-hydroxylation sites is 2. The van der Waals surface area contributed by atoms with E-state index in [0.29, 0.717) is 10.5 Å². The average Bonchev–Trinajstić information content (AvgIpc) is 3.06. The van der Waals surface area contributed by atoms with Crippen molar-refractivity contribution < 1.29 is 4.79 Å². The largest absolute Gasteiger partial charge is 0.290 e. The number of nitrogens with zero attached hydrogens (tertiary/aromatic N) is 3. The number of aryl methyl sites for hydroxylation is 2. The molecule has 0 bridgehead atoms. The van der Waals surface area contributed by atoms with Gasteiger partial charge in [-0.05, 0) is 43.7 Å². The molecule has 0 unspecified atom stereocenters. The molecule has 4 aromatic rings. The molecule has 5 nitrogen and oxygen atoms in total. The second-order valence-electron chi connectivity index (χ2n) is 7.28. The molecular formula is C23H19N3O2S3. The van der Waals surface area contributed by atoms with Crippen LogP contribution in [0.5, 0.6) is 0 Å². The number of benzene rings is 2. The number of fused-ring (bicyclic) bond motifs is 3. The molecule has 156 valence electrons. The number of amides is 1. The topological polar surface area (TPSA) is 55.2 Å². The zero-order valence-corrected chi connectivity index (χ0v) is 19.7. The molecular weight excluding hydrogens is 446 g/mol. The lowest BCUT2D eigenvalue weighted by Gasteiger charge is -2.31. The van der Waals surface area contributed by atoms with Gasteiger partial charge in [0.15, 0.2) is 5.16 Å². The highest BCUT2D eigenvalue weighted by Crippen LogP contribution is 2.48. The first-order chi connectivity index (χ1) is 15.0. The summed E-state index contributed by atoms with van der Waals surface area (Å²) in [5.41, 5.74) is 2.70. The fraction of sp³-hybridized carbons (Fsp3) is 0.174. The van der Waals surface area contributed by atoms with Crippen LogP contribution in [0.3, 0.4) is 0 Å². The standard InChI is InChI=1S/C23H19N3O2S3/c1-13-14(2)30-21-20(13)22(28)25(3)23(24-21)29-12-19(27)26-15-8-4-6-10-17(15)31-18-11-7-5-9-16(18)26/h4-11H,12H2,1-3H3. The number of rotatable bonds is 3. The van der Waals surface area contributed by atoms with Crippen molar-refractivity contribution in [2.24, 2.45) is 7.05 Å². The van der Waals surface area contributed by atoms with Crippen molar-refractivity contribution in [3.05, 3.63) is 69.3 Å². The number of carbonyl (C=O) groups is 1. The smallest absolute Gasteiger partial charge is 0.262 e. The van der Waals surface area contributed by atoms with E-state index >= 15 is 0 Å². The molecule has 1 aliphatic heterocycles. The molecule has 0 atom stereocenters. The molecule has 1 amide bonds. The predicted molar refractivity (Wildman–Crippen MR) is 129 cm³/mol. The monoisotopic (exact) mass is 465 g/mol. The molecule has 8 heteroatoms. The Morgan fingerprint density at radius 3 is 2.29 bits per heavy atom. The van der Waals surface area contributed by atoms with Crippen LogP contribution in [0, 0.1) is 13.8 Å². The van der Waals surface area contributed by atoms with E-state index in [4.69, 9.17) is 4.98 Å². The lowest BCUT2D eigenvalue weighted by molar-refractivity contribution is -0.115. The minimum atomic E-state index is -0.0631. The van der Waals surface area contributed by atoms with Crippen LogP contribution in [0.15, 0.2) is 68.3 Å². The summed E-state index contributed by atoms with van der Waals surface area (Å²) in [7, 11) is 1.72. The summed E-state index contributed by atoms with van der Waals surface area (Å²) in [5.74, 6) is 0.140. The molecule has 3 heterocycles. The Morgan fingerprint density at radius 1 is 1.03 bits per heavy atom. The van der Waals surface area contributed by atoms with Crippen LogP contribution in [0.1, 0.15) is 10.4 Å². The van der Waals surface area contributed by atoms with Crippen LogP contribution < -0.4 is 10.5 Å². The van der Waals surface area contributed by atoms with Crippen molar-refractivity contribution in [1.29, 1.82) is 0 Å². The summed E-state index contributed by atoms with van der Waals surface area (Å²) in [6, 6.07) is 15.9. The fourth-order valence-electron chi connectivity index (χ4n) is 3.65. The Labute approximate surface area is 192 Å². The lowest BCUT2D eigenvalue weighted by atomic mass is 10.2. The van der Waals surface area contributed by atoms with Gasteiger partial charge < -0.3 is 0 Å². The van der Waals surface area contributed by atoms with Crippen LogP contribution in [-0.4, -0.2) is 21.2 Å². The summed E-state index contributed by atoms with van der Waals surface area (Å²) in [5, 5.41) is 1.23. The normalized spacial score (nSPS) is 12.7. The van der Waals surface area contributed by atoms with E-state index in [1.807, 2.05) is 62.4 Å². The molecule has 0 spiro atoms. The van der Waals surface area contributed by atoms with Crippen LogP contribution >= 0.6 is 34.9 Å². The number of thiophene rings is 1. The van der Waals surface area contributed by atoms with Crippen molar-refractivity contribution in [3.8, 4) is 0 Å². The van der Waals surface area contributed by atoms with Gasteiger partial charge in [-0.1, -0.05) is 47.8 Å². The number of aromatic nitrogens is 2. The Morgan fingerprint density at radius 2 is 1.65 bits per heavy atom. The highest BCUT2D eigenvalue weighted by atomic mass is 32.2. The van der Waals surface area contributed by atoms with Crippen LogP contribution in [-0.2, 0) is 11.8 Å². The van der Waals surface area contributed by atoms with Gasteiger partial charge >= 0.3 is 0 Å². The molecule has 0 N–H and O–H groups in total. The first-order valence-electron chi connectivity index (χ1n) is 9.74. The van der Waals surface area contributed by atoms with E-state index in [-0.39, 0.29) is 17.2 Å². The van der Waals surface area contributed by atoms with Gasteiger partial charge in [0.2, 0.25) is 5.91 Å². The van der Waals surface area contributed by atoms with Gasteiger partial charge in [0, 0.05) is 21.7 Å². The Bertz CT molecular complexity index is 1360. The van der Waals surface area contributed by atoms with E-state index in [2.05, 4.69) is 0 Å². The fourth-order valence-corrected chi connectivity index (χ4v) is 6.60. The van der Waals surface area contributed by atoms with E-state index in [1.54, 1.807) is 28.3 Å². The number of thioether (sulfide) groups is 1. The van der Waals surface area contributed by atoms with Gasteiger partial charge in [-0.2, -0.15) is 0 Å². The van der Waals surface area contributed by atoms with Crippen molar-refractivity contribution in [2.45, 2.75) is 28.8 Å². The van der Waals surface area contributed by atoms with Gasteiger partial charge in [-0.25, -0.2) is 4.98 Å². The van der Waals surface area contributed by atoms with E-state index < -0.39 is 0 Å². The number of hydrogen-bond acceptors (Lipinski definition) is 6. The predicted octanol–water partition coefficient (Wildman–Crippen LogP) is 5.53. The average molecular weight is 466 g/mol. The maximum atomic E-state index is 13.4. The van der Waals surface area contributed by atoms with Gasteiger partial charge in [0.1, 0.15) is 4.83 Å². The molecule has 0 radical (unpaired) electrons. The Balaban J connectivity index is 1.48. The third-order valence-electron chi connectivity index (χ3n) is 5.38. The molecule has 0 fully saturated rings. The van der Waals surface area contributed by atoms with Crippen LogP contribution in [0.25, 0.3) is 10.2 Å². The Hall–Kier alpha value is -2.55. The molecule has 0 aliphatic carbocycles. The number of anilines is 2. The minimum absolute atomic E-state index is 0.0434. The van der Waals surface area contributed by atoms with E-state index in [0.717, 1.165) is 36.4 Å². The highest BCUT2D eigenvalue weighted by Gasteiger charge is 2.28. The number of carbonyl (C=O) groups excluding carboxylic acids is 1. The summed E-state index contributed by atoms with van der Waals surface area (Å²) >= 11 is 4.50. The molecule has 2 aromatic carbocycles. The quantitative estimate of drug-likeness (QED) is 0.294. The van der Waals surface area contributed by atoms with Crippen molar-refractivity contribution in [1.82, 2.24) is 9.55 Å². The molecule has 0 saturated heterocycles. The van der Waals surface area contributed by atoms with Crippen molar-refractivity contribution in [2.75, 3.05) is 10.7 Å². The molecule has 2 aromatic heterocycles. The molecule has 1 aliphatic rings. The summed E-state index contributed by atoms with van der Waals surface area (Å²) in [4.78, 5) is 36.7. The summed E-state index contributed by atoms with van der Waals surface area (Å²) in [6.45, 7) is 3.96. The van der Waals surface area contributed by atoms with E-state index in [1.165, 1.54) is 23.1 Å². The first kappa shape index (κ1) is 20.4. The third-order valence-corrected chi connectivity index (χ3v) is 8.62. The van der Waals surface area contributed by atoms with Gasteiger partial charge in [0.05, 0.1) is 22.5 Å². The van der Waals surface area contributed by atoms with Gasteiger partial charge in [-0.3, -0.25) is 19.1 Å². The maximum absolute atomic E-state index is 13.4. The zero-order chi connectivity index (χ0) is 21.7. The third kappa shape index (κ3) is 3.39. The van der Waals surface area contributed by atoms with Gasteiger partial charge in [0.25, 0.3) is 5.56 Å². The van der Waals surface area contributed by atoms with Gasteiger partial charge in [-0.15, -0.1) is 11.3 Å². The van der Waals surface area contributed by atoms with Crippen LogP contribution in [0.4, 0.5) is 11.4 Å². The maximum Gasteiger partial charge on any atom is 0.262 e. The molecule has 31 heavy (non-hydrogen) atoms. The lowest BCUT2D eigenvalue weighted by Crippen LogP contribution is -2.30. The molecule has 0 saturated carbocycles. The summed E-state index contributed by atoms with van der Waals surface area (Å²) < 4.78 is 1.55. The Kier molecular flexibility index (Phi) is 5.16. The summed E-state index contributed by atoms with van der Waals surface area (Å²) in [6.07, 6.45) is 0. The SMILES string of the molecule is Cc1sc2nc(SCC(=O)N3c4ccccc4Sc4ccccc43)n(C)c(=O)c2c1C. The molecule has 5 rings (SSSR count). The van der Waals surface area contributed by atoms with Crippen LogP contribution in [0.2, 0.25) is 0 Å². The second-order valence-corrected chi connectivity index (χ2v) is 10.5. The second kappa shape index (κ2) is 7.85. The number of hydrogen-bond donors (Lipinski definition) is 0. The van der Waals surface area contributed by atoms with E-state index in [9.17, 15) is 9.59 Å². The minimum Gasteiger partial charge on any atom is -0.290 e. The van der Waals surface area contributed by atoms with Crippen molar-refractivity contribution >= 4 is 62.4 Å². The van der Waals surface area contributed by atoms with Crippen molar-refractivity contribution in [3.63, 3.8) is 0 Å². The zero-order valence-electron chi connectivity index (χ0n) is 17.2.